The van der Waals surface area contributed by atoms with E-state index in [1.54, 1.807) is 14.1 Å². The van der Waals surface area contributed by atoms with Gasteiger partial charge in [-0.1, -0.05) is 0 Å². The Morgan fingerprint density at radius 3 is 2.25 bits per heavy atom. The Morgan fingerprint density at radius 2 is 1.75 bits per heavy atom. The van der Waals surface area contributed by atoms with Crippen LogP contribution in [0.3, 0.4) is 0 Å². The average molecular weight is 341 g/mol. The summed E-state index contributed by atoms with van der Waals surface area (Å²) < 4.78 is 48.6. The fourth-order valence-electron chi connectivity index (χ4n) is 1.72. The van der Waals surface area contributed by atoms with Gasteiger partial charge in [-0.05, 0) is 24.3 Å². The molecule has 0 N–H and O–H groups in total. The summed E-state index contributed by atoms with van der Waals surface area (Å²) in [7, 11) is 4.35. The lowest BCUT2D eigenvalue weighted by molar-refractivity contribution is -0.141. The largest absolute Gasteiger partial charge is 0.465 e. The minimum absolute atomic E-state index is 0.0542. The lowest BCUT2D eigenvalue weighted by Gasteiger charge is -2.15. The Balaban J connectivity index is 2.31. The molecule has 0 aliphatic carbocycles. The summed E-state index contributed by atoms with van der Waals surface area (Å²) in [5.41, 5.74) is -0.828. The Hall–Kier alpha value is -2.84. The van der Waals surface area contributed by atoms with Crippen molar-refractivity contribution in [2.75, 3.05) is 26.1 Å². The maximum Gasteiger partial charge on any atom is 0.433 e. The van der Waals surface area contributed by atoms with E-state index >= 15 is 0 Å². The van der Waals surface area contributed by atoms with E-state index in [9.17, 15) is 18.0 Å². The van der Waals surface area contributed by atoms with Crippen LogP contribution >= 0.6 is 0 Å². The van der Waals surface area contributed by atoms with Gasteiger partial charge in [0.05, 0.1) is 12.7 Å². The van der Waals surface area contributed by atoms with Crippen molar-refractivity contribution in [3.8, 4) is 11.8 Å². The summed E-state index contributed by atoms with van der Waals surface area (Å²) in [5.74, 6) is -0.294. The molecular weight excluding hydrogens is 327 g/mol. The first-order valence-electron chi connectivity index (χ1n) is 6.70. The number of carbonyl (C=O) groups is 1. The van der Waals surface area contributed by atoms with Crippen molar-refractivity contribution in [3.63, 3.8) is 0 Å². The number of halogens is 3. The molecule has 24 heavy (non-hydrogen) atoms. The molecule has 0 saturated heterocycles. The molecule has 0 amide bonds. The molecule has 0 aliphatic heterocycles. The molecule has 0 unspecified atom stereocenters. The highest BCUT2D eigenvalue weighted by Gasteiger charge is 2.34. The molecule has 1 heterocycles. The number of benzene rings is 1. The minimum atomic E-state index is -4.62. The van der Waals surface area contributed by atoms with E-state index in [0.29, 0.717) is 0 Å². The highest BCUT2D eigenvalue weighted by molar-refractivity contribution is 5.89. The zero-order chi connectivity index (χ0) is 17.9. The van der Waals surface area contributed by atoms with E-state index in [1.165, 1.54) is 36.3 Å². The third-order valence-corrected chi connectivity index (χ3v) is 2.93. The first-order valence-corrected chi connectivity index (χ1v) is 6.70. The molecule has 0 bridgehead atoms. The summed E-state index contributed by atoms with van der Waals surface area (Å²) in [6.45, 7) is 0. The van der Waals surface area contributed by atoms with Gasteiger partial charge < -0.3 is 14.4 Å². The molecule has 9 heteroatoms. The number of rotatable bonds is 4. The third-order valence-electron chi connectivity index (χ3n) is 2.93. The molecule has 0 radical (unpaired) electrons. The normalized spacial score (nSPS) is 11.1. The van der Waals surface area contributed by atoms with Gasteiger partial charge in [-0.15, -0.1) is 0 Å². The van der Waals surface area contributed by atoms with Gasteiger partial charge in [0.1, 0.15) is 11.6 Å². The summed E-state index contributed by atoms with van der Waals surface area (Å²) in [6, 6.07) is 6.03. The SMILES string of the molecule is COC(=O)c1ccc(Oc2nc(N(C)C)cc(C(F)(F)F)n2)cc1. The van der Waals surface area contributed by atoms with Crippen LogP contribution in [0.1, 0.15) is 16.1 Å². The van der Waals surface area contributed by atoms with Crippen LogP contribution in [-0.4, -0.2) is 37.1 Å². The molecule has 0 spiro atoms. The van der Waals surface area contributed by atoms with E-state index in [0.717, 1.165) is 6.07 Å². The Bertz CT molecular complexity index is 731. The molecule has 128 valence electrons. The van der Waals surface area contributed by atoms with Crippen molar-refractivity contribution in [2.45, 2.75) is 6.18 Å². The van der Waals surface area contributed by atoms with E-state index in [2.05, 4.69) is 14.7 Å². The Morgan fingerprint density at radius 1 is 1.12 bits per heavy atom. The van der Waals surface area contributed by atoms with Crippen molar-refractivity contribution in [2.24, 2.45) is 0 Å². The number of carbonyl (C=O) groups excluding carboxylic acids is 1. The molecule has 1 aromatic heterocycles. The number of anilines is 1. The molecular formula is C15H14F3N3O3. The number of methoxy groups -OCH3 is 1. The number of alkyl halides is 3. The van der Waals surface area contributed by atoms with Crippen LogP contribution in [0.2, 0.25) is 0 Å². The van der Waals surface area contributed by atoms with Gasteiger partial charge in [0.2, 0.25) is 0 Å². The van der Waals surface area contributed by atoms with Gasteiger partial charge in [-0.3, -0.25) is 0 Å². The molecule has 0 fully saturated rings. The van der Waals surface area contributed by atoms with Crippen LogP contribution in [0.25, 0.3) is 0 Å². The lowest BCUT2D eigenvalue weighted by atomic mass is 10.2. The smallest absolute Gasteiger partial charge is 0.433 e. The van der Waals surface area contributed by atoms with Crippen LogP contribution in [0.4, 0.5) is 19.0 Å². The number of ether oxygens (including phenoxy) is 2. The van der Waals surface area contributed by atoms with Crippen LogP contribution in [0.5, 0.6) is 11.8 Å². The number of esters is 1. The number of nitrogens with zero attached hydrogens (tertiary/aromatic N) is 3. The zero-order valence-electron chi connectivity index (χ0n) is 13.1. The fourth-order valence-corrected chi connectivity index (χ4v) is 1.72. The van der Waals surface area contributed by atoms with Crippen molar-refractivity contribution in [3.05, 3.63) is 41.6 Å². The minimum Gasteiger partial charge on any atom is -0.465 e. The van der Waals surface area contributed by atoms with Crippen molar-refractivity contribution < 1.29 is 27.4 Å². The maximum absolute atomic E-state index is 12.9. The molecule has 0 aliphatic rings. The van der Waals surface area contributed by atoms with Crippen molar-refractivity contribution >= 4 is 11.8 Å². The molecule has 6 nitrogen and oxygen atoms in total. The monoisotopic (exact) mass is 341 g/mol. The molecule has 2 aromatic rings. The first kappa shape index (κ1) is 17.5. The standard InChI is InChI=1S/C15H14F3N3O3/c1-21(2)12-8-11(15(16,17)18)19-14(20-12)24-10-6-4-9(5-7-10)13(22)23-3/h4-8H,1-3H3. The molecule has 1 aromatic carbocycles. The summed E-state index contributed by atoms with van der Waals surface area (Å²) in [4.78, 5) is 20.0. The van der Waals surface area contributed by atoms with Gasteiger partial charge in [0.25, 0.3) is 0 Å². The van der Waals surface area contributed by atoms with Gasteiger partial charge in [0, 0.05) is 20.2 Å². The maximum atomic E-state index is 12.9. The first-order chi connectivity index (χ1) is 11.2. The number of hydrogen-bond acceptors (Lipinski definition) is 6. The van der Waals surface area contributed by atoms with Crippen LogP contribution in [0, 0.1) is 0 Å². The van der Waals surface area contributed by atoms with Gasteiger partial charge >= 0.3 is 18.2 Å². The molecule has 0 saturated carbocycles. The second-order valence-electron chi connectivity index (χ2n) is 4.90. The van der Waals surface area contributed by atoms with E-state index in [-0.39, 0.29) is 17.1 Å². The highest BCUT2D eigenvalue weighted by atomic mass is 19.4. The second-order valence-corrected chi connectivity index (χ2v) is 4.90. The van der Waals surface area contributed by atoms with Crippen molar-refractivity contribution in [1.82, 2.24) is 9.97 Å². The van der Waals surface area contributed by atoms with Crippen LogP contribution < -0.4 is 9.64 Å². The van der Waals surface area contributed by atoms with Crippen molar-refractivity contribution in [1.29, 1.82) is 0 Å². The van der Waals surface area contributed by atoms with Crippen LogP contribution in [-0.2, 0) is 10.9 Å². The molecule has 2 rings (SSSR count). The zero-order valence-corrected chi connectivity index (χ0v) is 13.1. The Kier molecular flexibility index (Phi) is 4.91. The van der Waals surface area contributed by atoms with E-state index < -0.39 is 23.8 Å². The number of hydrogen-bond donors (Lipinski definition) is 0. The predicted molar refractivity (Wildman–Crippen MR) is 79.2 cm³/mol. The fraction of sp³-hybridized carbons (Fsp3) is 0.267. The topological polar surface area (TPSA) is 64.6 Å². The Labute approximate surface area is 135 Å². The van der Waals surface area contributed by atoms with E-state index in [1.807, 2.05) is 0 Å². The number of aromatic nitrogens is 2. The third kappa shape index (κ3) is 4.12. The van der Waals surface area contributed by atoms with E-state index in [4.69, 9.17) is 4.74 Å². The predicted octanol–water partition coefficient (Wildman–Crippen LogP) is 3.14. The highest BCUT2D eigenvalue weighted by Crippen LogP contribution is 2.31. The summed E-state index contributed by atoms with van der Waals surface area (Å²) in [6.07, 6.45) is -4.62. The van der Waals surface area contributed by atoms with Gasteiger partial charge in [-0.2, -0.15) is 23.1 Å². The van der Waals surface area contributed by atoms with Gasteiger partial charge in [0.15, 0.2) is 5.69 Å². The second kappa shape index (κ2) is 6.73. The van der Waals surface area contributed by atoms with Gasteiger partial charge in [-0.25, -0.2) is 4.79 Å². The molecule has 0 atom stereocenters. The average Bonchev–Trinajstić information content (AvgIpc) is 2.53. The quantitative estimate of drug-likeness (QED) is 0.796. The lowest BCUT2D eigenvalue weighted by Crippen LogP contribution is -2.16. The summed E-state index contributed by atoms with van der Waals surface area (Å²) >= 11 is 0. The van der Waals surface area contributed by atoms with Crippen LogP contribution in [0.15, 0.2) is 30.3 Å². The summed E-state index contributed by atoms with van der Waals surface area (Å²) in [5, 5.41) is 0.